The number of rotatable bonds is 8. The molecule has 4 rings (SSSR count). The van der Waals surface area contributed by atoms with E-state index in [1.165, 1.54) is 18.3 Å². The highest BCUT2D eigenvalue weighted by Crippen LogP contribution is 2.26. The van der Waals surface area contributed by atoms with Gasteiger partial charge in [0.05, 0.1) is 15.4 Å². The quantitative estimate of drug-likeness (QED) is 0.234. The summed E-state index contributed by atoms with van der Waals surface area (Å²) >= 11 is 6.09. The summed E-state index contributed by atoms with van der Waals surface area (Å²) in [5, 5.41) is 4.56. The Hall–Kier alpha value is -3.82. The highest BCUT2D eigenvalue weighted by atomic mass is 35.5. The average Bonchev–Trinajstić information content (AvgIpc) is 3.20. The lowest BCUT2D eigenvalue weighted by Crippen LogP contribution is -2.24. The molecule has 0 aliphatic heterocycles. The van der Waals surface area contributed by atoms with Crippen molar-refractivity contribution >= 4 is 55.4 Å². The zero-order valence-corrected chi connectivity index (χ0v) is 21.8. The third-order valence-electron chi connectivity index (χ3n) is 5.72. The molecule has 37 heavy (non-hydrogen) atoms. The number of aromatic nitrogens is 2. The number of amides is 1. The van der Waals surface area contributed by atoms with Crippen LogP contribution >= 0.6 is 11.6 Å². The number of sulfone groups is 1. The summed E-state index contributed by atoms with van der Waals surface area (Å²) in [6.07, 6.45) is 7.84. The number of benzene rings is 2. The Morgan fingerprint density at radius 2 is 2.05 bits per heavy atom. The summed E-state index contributed by atoms with van der Waals surface area (Å²) in [7, 11) is -3.32. The van der Waals surface area contributed by atoms with Crippen molar-refractivity contribution in [1.82, 2.24) is 15.3 Å². The van der Waals surface area contributed by atoms with E-state index >= 15 is 0 Å². The van der Waals surface area contributed by atoms with Crippen LogP contribution < -0.4 is 5.32 Å². The van der Waals surface area contributed by atoms with E-state index in [-0.39, 0.29) is 17.3 Å². The van der Waals surface area contributed by atoms with Gasteiger partial charge in [-0.05, 0) is 55.0 Å². The standard InChI is InChI=1S/C27H24ClFN4O3S/c1-16(27(34)33-14-20-11-22-23(28)15-32-26(22)12-24(20)29)6-7-30-17(2)8-18-9-19-10-21(37(3,35)36)4-5-25(19)31-13-18/h4-7,9-13,15,32H,2,8,14H2,1,3H3,(H,33,34)/b16-6+,30-7-. The van der Waals surface area contributed by atoms with Crippen LogP contribution in [0.1, 0.15) is 18.1 Å². The second-order valence-electron chi connectivity index (χ2n) is 8.65. The fourth-order valence-corrected chi connectivity index (χ4v) is 4.57. The van der Waals surface area contributed by atoms with E-state index in [2.05, 4.69) is 26.9 Å². The highest BCUT2D eigenvalue weighted by Gasteiger charge is 2.11. The van der Waals surface area contributed by atoms with Crippen LogP contribution in [-0.4, -0.2) is 36.8 Å². The molecular formula is C27H24ClFN4O3S. The van der Waals surface area contributed by atoms with Gasteiger partial charge in [0.15, 0.2) is 9.84 Å². The molecule has 0 bridgehead atoms. The molecule has 2 aromatic heterocycles. The van der Waals surface area contributed by atoms with Gasteiger partial charge in [-0.3, -0.25) is 14.8 Å². The second-order valence-corrected chi connectivity index (χ2v) is 11.1. The molecule has 0 radical (unpaired) electrons. The molecule has 0 fully saturated rings. The van der Waals surface area contributed by atoms with Crippen LogP contribution in [0.15, 0.2) is 82.6 Å². The lowest BCUT2D eigenvalue weighted by atomic mass is 10.1. The number of nitrogens with one attached hydrogen (secondary N) is 2. The Kier molecular flexibility index (Phi) is 7.56. The number of allylic oxidation sites excluding steroid dienone is 2. The monoisotopic (exact) mass is 538 g/mol. The van der Waals surface area contributed by atoms with Crippen molar-refractivity contribution in [2.75, 3.05) is 6.26 Å². The maximum absolute atomic E-state index is 14.3. The number of fused-ring (bicyclic) bond motifs is 2. The van der Waals surface area contributed by atoms with Gasteiger partial charge in [-0.2, -0.15) is 0 Å². The topological polar surface area (TPSA) is 104 Å². The zero-order valence-electron chi connectivity index (χ0n) is 20.2. The van der Waals surface area contributed by atoms with Crippen molar-refractivity contribution in [3.8, 4) is 0 Å². The minimum absolute atomic E-state index is 0.00710. The van der Waals surface area contributed by atoms with Gasteiger partial charge in [-0.15, -0.1) is 0 Å². The average molecular weight is 539 g/mol. The largest absolute Gasteiger partial charge is 0.360 e. The van der Waals surface area contributed by atoms with Crippen LogP contribution in [0.2, 0.25) is 5.02 Å². The predicted molar refractivity (Wildman–Crippen MR) is 145 cm³/mol. The maximum Gasteiger partial charge on any atom is 0.247 e. The molecule has 0 aliphatic rings. The van der Waals surface area contributed by atoms with Crippen LogP contribution in [0.4, 0.5) is 4.39 Å². The second kappa shape index (κ2) is 10.7. The number of carbonyl (C=O) groups excluding carboxylic acids is 1. The first-order valence-electron chi connectivity index (χ1n) is 11.2. The van der Waals surface area contributed by atoms with E-state index in [1.54, 1.807) is 43.6 Å². The van der Waals surface area contributed by atoms with Gasteiger partial charge in [0.25, 0.3) is 0 Å². The van der Waals surface area contributed by atoms with Gasteiger partial charge in [0.2, 0.25) is 5.91 Å². The molecule has 0 aliphatic carbocycles. The number of hydrogen-bond acceptors (Lipinski definition) is 5. The molecule has 0 unspecified atom stereocenters. The molecule has 1 amide bonds. The number of nitrogens with zero attached hydrogens (tertiary/aromatic N) is 2. The third kappa shape index (κ3) is 6.31. The summed E-state index contributed by atoms with van der Waals surface area (Å²) in [4.78, 5) is 24.2. The minimum atomic E-state index is -3.32. The van der Waals surface area contributed by atoms with E-state index in [1.807, 2.05) is 6.07 Å². The summed E-state index contributed by atoms with van der Waals surface area (Å²) in [6.45, 7) is 5.57. The number of hydrogen-bond donors (Lipinski definition) is 2. The molecule has 2 N–H and O–H groups in total. The van der Waals surface area contributed by atoms with Crippen molar-refractivity contribution in [2.24, 2.45) is 4.99 Å². The highest BCUT2D eigenvalue weighted by molar-refractivity contribution is 7.90. The zero-order chi connectivity index (χ0) is 26.7. The number of pyridine rings is 1. The van der Waals surface area contributed by atoms with E-state index in [0.29, 0.717) is 50.1 Å². The summed E-state index contributed by atoms with van der Waals surface area (Å²) in [5.74, 6) is -0.807. The molecule has 0 saturated carbocycles. The van der Waals surface area contributed by atoms with Crippen LogP contribution in [-0.2, 0) is 27.6 Å². The van der Waals surface area contributed by atoms with E-state index in [0.717, 1.165) is 11.8 Å². The molecule has 10 heteroatoms. The minimum Gasteiger partial charge on any atom is -0.360 e. The van der Waals surface area contributed by atoms with Gasteiger partial charge in [-0.1, -0.05) is 18.2 Å². The molecule has 190 valence electrons. The fourth-order valence-electron chi connectivity index (χ4n) is 3.70. The molecule has 2 aromatic carbocycles. The molecule has 2 heterocycles. The number of aromatic amines is 1. The van der Waals surface area contributed by atoms with Crippen LogP contribution in [0.25, 0.3) is 21.8 Å². The SMILES string of the molecule is C=C(Cc1cnc2ccc(S(C)(=O)=O)cc2c1)/N=C\C=C(/C)C(=O)NCc1cc2c(Cl)c[nH]c2cc1F. The Bertz CT molecular complexity index is 1710. The lowest BCUT2D eigenvalue weighted by Gasteiger charge is -2.07. The lowest BCUT2D eigenvalue weighted by molar-refractivity contribution is -0.117. The van der Waals surface area contributed by atoms with Crippen molar-refractivity contribution < 1.29 is 17.6 Å². The van der Waals surface area contributed by atoms with Gasteiger partial charge in [0, 0.05) is 71.0 Å². The predicted octanol–water partition coefficient (Wildman–Crippen LogP) is 5.30. The van der Waals surface area contributed by atoms with Gasteiger partial charge < -0.3 is 10.3 Å². The Labute approximate surface area is 218 Å². The number of H-pyrrole nitrogens is 1. The van der Waals surface area contributed by atoms with Crippen LogP contribution in [0, 0.1) is 5.82 Å². The molecule has 0 atom stereocenters. The van der Waals surface area contributed by atoms with E-state index in [4.69, 9.17) is 11.6 Å². The van der Waals surface area contributed by atoms with Gasteiger partial charge in [-0.25, -0.2) is 12.8 Å². The fraction of sp³-hybridized carbons (Fsp3) is 0.148. The summed E-state index contributed by atoms with van der Waals surface area (Å²) < 4.78 is 38.0. The van der Waals surface area contributed by atoms with Crippen LogP contribution in [0.5, 0.6) is 0 Å². The number of halogens is 2. The first-order chi connectivity index (χ1) is 17.5. The normalized spacial score (nSPS) is 12.5. The maximum atomic E-state index is 14.3. The van der Waals surface area contributed by atoms with Crippen molar-refractivity contribution in [2.45, 2.75) is 24.8 Å². The van der Waals surface area contributed by atoms with Crippen molar-refractivity contribution in [1.29, 1.82) is 0 Å². The van der Waals surface area contributed by atoms with Crippen molar-refractivity contribution in [3.05, 3.63) is 94.7 Å². The van der Waals surface area contributed by atoms with Crippen LogP contribution in [0.3, 0.4) is 0 Å². The molecule has 0 saturated heterocycles. The summed E-state index contributed by atoms with van der Waals surface area (Å²) in [6, 6.07) is 9.60. The van der Waals surface area contributed by atoms with E-state index < -0.39 is 15.7 Å². The van der Waals surface area contributed by atoms with Gasteiger partial charge >= 0.3 is 0 Å². The first kappa shape index (κ1) is 26.2. The Morgan fingerprint density at radius 1 is 1.27 bits per heavy atom. The van der Waals surface area contributed by atoms with E-state index in [9.17, 15) is 17.6 Å². The Balaban J connectivity index is 1.36. The molecule has 7 nitrogen and oxygen atoms in total. The Morgan fingerprint density at radius 3 is 2.81 bits per heavy atom. The molecular weight excluding hydrogens is 515 g/mol. The molecule has 0 spiro atoms. The third-order valence-corrected chi connectivity index (χ3v) is 7.15. The molecule has 4 aromatic rings. The van der Waals surface area contributed by atoms with Gasteiger partial charge in [0.1, 0.15) is 5.82 Å². The number of carbonyl (C=O) groups is 1. The number of aliphatic imine (C=N–C) groups is 1. The van der Waals surface area contributed by atoms with Crippen molar-refractivity contribution in [3.63, 3.8) is 0 Å². The first-order valence-corrected chi connectivity index (χ1v) is 13.5. The summed E-state index contributed by atoms with van der Waals surface area (Å²) in [5.41, 5.74) is 3.33. The smallest absolute Gasteiger partial charge is 0.247 e.